The molecule has 0 amide bonds. The van der Waals surface area contributed by atoms with Crippen molar-refractivity contribution in [3.8, 4) is 21.8 Å². The number of nitrogens with two attached hydrogens (primary N) is 1. The molecule has 0 unspecified atom stereocenters. The number of benzene rings is 1. The first-order valence-corrected chi connectivity index (χ1v) is 7.90. The van der Waals surface area contributed by atoms with E-state index in [0.29, 0.717) is 5.82 Å². The van der Waals surface area contributed by atoms with Crippen LogP contribution in [0.25, 0.3) is 21.8 Å². The first kappa shape index (κ1) is 13.4. The first-order valence-electron chi connectivity index (χ1n) is 6.29. The molecule has 3 nitrogen and oxygen atoms in total. The van der Waals surface area contributed by atoms with Gasteiger partial charge in [-0.3, -0.25) is 0 Å². The summed E-state index contributed by atoms with van der Waals surface area (Å²) < 4.78 is 6.46. The smallest absolute Gasteiger partial charge is 0.186 e. The van der Waals surface area contributed by atoms with E-state index in [1.807, 2.05) is 24.3 Å². The number of aryl methyl sites for hydroxylation is 1. The maximum Gasteiger partial charge on any atom is 0.186 e. The summed E-state index contributed by atoms with van der Waals surface area (Å²) in [6.45, 7) is 2.14. The number of thiophene rings is 1. The van der Waals surface area contributed by atoms with Gasteiger partial charge in [-0.1, -0.05) is 40.1 Å². The molecule has 0 saturated heterocycles. The van der Waals surface area contributed by atoms with Crippen LogP contribution in [0.5, 0.6) is 0 Å². The Kier molecular flexibility index (Phi) is 3.63. The zero-order chi connectivity index (χ0) is 14.1. The van der Waals surface area contributed by atoms with E-state index in [1.165, 1.54) is 4.88 Å². The lowest BCUT2D eigenvalue weighted by molar-refractivity contribution is 0.437. The van der Waals surface area contributed by atoms with Crippen LogP contribution < -0.4 is 5.73 Å². The number of nitrogens with zero attached hydrogens (tertiary/aromatic N) is 1. The van der Waals surface area contributed by atoms with Crippen molar-refractivity contribution in [2.24, 2.45) is 0 Å². The van der Waals surface area contributed by atoms with Crippen molar-refractivity contribution in [3.05, 3.63) is 45.7 Å². The minimum absolute atomic E-state index is 0.421. The van der Waals surface area contributed by atoms with Crippen molar-refractivity contribution in [1.29, 1.82) is 0 Å². The lowest BCUT2D eigenvalue weighted by Crippen LogP contribution is -1.88. The van der Waals surface area contributed by atoms with Gasteiger partial charge in [-0.05, 0) is 36.2 Å². The fraction of sp³-hybridized carbons (Fsp3) is 0.133. The average Bonchev–Trinajstić information content (AvgIpc) is 3.04. The molecule has 2 N–H and O–H groups in total. The molecule has 0 bridgehead atoms. The van der Waals surface area contributed by atoms with E-state index in [1.54, 1.807) is 11.3 Å². The molecule has 0 aliphatic heterocycles. The molecular weight excluding hydrogens is 336 g/mol. The van der Waals surface area contributed by atoms with Gasteiger partial charge in [-0.2, -0.15) is 0 Å². The molecule has 1 aromatic carbocycles. The van der Waals surface area contributed by atoms with E-state index < -0.39 is 0 Å². The van der Waals surface area contributed by atoms with Crippen LogP contribution in [0.3, 0.4) is 0 Å². The quantitative estimate of drug-likeness (QED) is 0.726. The Balaban J connectivity index is 2.14. The van der Waals surface area contributed by atoms with Crippen molar-refractivity contribution >= 4 is 33.1 Å². The van der Waals surface area contributed by atoms with Crippen LogP contribution in [0.1, 0.15) is 11.8 Å². The van der Waals surface area contributed by atoms with Gasteiger partial charge in [0.25, 0.3) is 0 Å². The maximum absolute atomic E-state index is 5.98. The van der Waals surface area contributed by atoms with Crippen molar-refractivity contribution in [2.75, 3.05) is 5.73 Å². The molecule has 2 aromatic heterocycles. The second-order valence-corrected chi connectivity index (χ2v) is 6.49. The number of hydrogen-bond acceptors (Lipinski definition) is 4. The minimum Gasteiger partial charge on any atom is -0.380 e. The molecule has 102 valence electrons. The largest absolute Gasteiger partial charge is 0.380 e. The van der Waals surface area contributed by atoms with E-state index >= 15 is 0 Å². The second kappa shape index (κ2) is 5.42. The van der Waals surface area contributed by atoms with Gasteiger partial charge in [0.15, 0.2) is 11.6 Å². The van der Waals surface area contributed by atoms with Crippen LogP contribution in [0.4, 0.5) is 5.82 Å². The van der Waals surface area contributed by atoms with Gasteiger partial charge < -0.3 is 10.3 Å². The molecule has 3 rings (SSSR count). The third-order valence-corrected chi connectivity index (χ3v) is 4.79. The number of halogens is 1. The molecule has 0 fully saturated rings. The van der Waals surface area contributed by atoms with Crippen LogP contribution >= 0.6 is 27.3 Å². The predicted molar refractivity (Wildman–Crippen MR) is 86.7 cm³/mol. The highest BCUT2D eigenvalue weighted by molar-refractivity contribution is 9.10. The van der Waals surface area contributed by atoms with Crippen LogP contribution in [-0.2, 0) is 6.42 Å². The van der Waals surface area contributed by atoms with Gasteiger partial charge in [0, 0.05) is 9.35 Å². The first-order chi connectivity index (χ1) is 9.69. The van der Waals surface area contributed by atoms with Crippen molar-refractivity contribution < 1.29 is 4.52 Å². The summed E-state index contributed by atoms with van der Waals surface area (Å²) >= 11 is 5.19. The van der Waals surface area contributed by atoms with E-state index in [0.717, 1.165) is 32.7 Å². The summed E-state index contributed by atoms with van der Waals surface area (Å²) in [5.74, 6) is 1.16. The number of aromatic nitrogens is 1. The Morgan fingerprint density at radius 1 is 1.30 bits per heavy atom. The van der Waals surface area contributed by atoms with Crippen LogP contribution in [0, 0.1) is 0 Å². The lowest BCUT2D eigenvalue weighted by atomic mass is 10.1. The zero-order valence-electron chi connectivity index (χ0n) is 10.9. The topological polar surface area (TPSA) is 52.0 Å². The van der Waals surface area contributed by atoms with Crippen LogP contribution in [0.2, 0.25) is 0 Å². The SMILES string of the molecule is CCc1ccc(-c2onc(N)c2-c2cccc(Br)c2)s1. The molecule has 0 aliphatic carbocycles. The Bertz CT molecular complexity index is 748. The van der Waals surface area contributed by atoms with Gasteiger partial charge in [-0.15, -0.1) is 11.3 Å². The van der Waals surface area contributed by atoms with Gasteiger partial charge in [0.2, 0.25) is 0 Å². The second-order valence-electron chi connectivity index (χ2n) is 4.40. The fourth-order valence-corrected chi connectivity index (χ4v) is 3.41. The van der Waals surface area contributed by atoms with Crippen LogP contribution in [0.15, 0.2) is 45.4 Å². The molecule has 2 heterocycles. The third-order valence-electron chi connectivity index (χ3n) is 3.07. The molecule has 20 heavy (non-hydrogen) atoms. The highest BCUT2D eigenvalue weighted by Crippen LogP contribution is 2.40. The minimum atomic E-state index is 0.421. The third kappa shape index (κ3) is 2.39. The number of rotatable bonds is 3. The van der Waals surface area contributed by atoms with E-state index in [-0.39, 0.29) is 0 Å². The molecular formula is C15H13BrN2OS. The Hall–Kier alpha value is -1.59. The Morgan fingerprint density at radius 3 is 2.85 bits per heavy atom. The molecule has 0 aliphatic rings. The fourth-order valence-electron chi connectivity index (χ4n) is 2.08. The van der Waals surface area contributed by atoms with Crippen molar-refractivity contribution in [2.45, 2.75) is 13.3 Å². The summed E-state index contributed by atoms with van der Waals surface area (Å²) in [5.41, 5.74) is 7.84. The molecule has 0 saturated carbocycles. The van der Waals surface area contributed by atoms with Crippen molar-refractivity contribution in [1.82, 2.24) is 5.16 Å². The van der Waals surface area contributed by atoms with E-state index in [9.17, 15) is 0 Å². The van der Waals surface area contributed by atoms with Gasteiger partial charge in [-0.25, -0.2) is 0 Å². The number of nitrogen functional groups attached to an aromatic ring is 1. The van der Waals surface area contributed by atoms with E-state index in [2.05, 4.69) is 40.1 Å². The highest BCUT2D eigenvalue weighted by Gasteiger charge is 2.19. The Morgan fingerprint density at radius 2 is 2.15 bits per heavy atom. The summed E-state index contributed by atoms with van der Waals surface area (Å²) in [7, 11) is 0. The highest BCUT2D eigenvalue weighted by atomic mass is 79.9. The number of hydrogen-bond donors (Lipinski definition) is 1. The molecule has 0 radical (unpaired) electrons. The summed E-state index contributed by atoms with van der Waals surface area (Å²) in [5, 5.41) is 3.93. The Labute approximate surface area is 129 Å². The lowest BCUT2D eigenvalue weighted by Gasteiger charge is -2.01. The average molecular weight is 349 g/mol. The molecule has 0 spiro atoms. The molecule has 0 atom stereocenters. The molecule has 5 heteroatoms. The van der Waals surface area contributed by atoms with E-state index in [4.69, 9.17) is 10.3 Å². The summed E-state index contributed by atoms with van der Waals surface area (Å²) in [6, 6.07) is 12.1. The molecule has 3 aromatic rings. The van der Waals surface area contributed by atoms with Gasteiger partial charge in [0.1, 0.15) is 0 Å². The summed E-state index contributed by atoms with van der Waals surface area (Å²) in [6.07, 6.45) is 1.01. The summed E-state index contributed by atoms with van der Waals surface area (Å²) in [4.78, 5) is 2.37. The van der Waals surface area contributed by atoms with Crippen molar-refractivity contribution in [3.63, 3.8) is 0 Å². The number of anilines is 1. The zero-order valence-corrected chi connectivity index (χ0v) is 13.3. The monoisotopic (exact) mass is 348 g/mol. The van der Waals surface area contributed by atoms with Gasteiger partial charge in [0.05, 0.1) is 10.4 Å². The van der Waals surface area contributed by atoms with Gasteiger partial charge >= 0.3 is 0 Å². The normalized spacial score (nSPS) is 10.9. The maximum atomic E-state index is 5.98. The predicted octanol–water partition coefficient (Wildman–Crippen LogP) is 4.98. The van der Waals surface area contributed by atoms with Crippen LogP contribution in [-0.4, -0.2) is 5.16 Å². The standard InChI is InChI=1S/C15H13BrN2OS/c1-2-11-6-7-12(20-11)14-13(15(17)18-19-14)9-4-3-5-10(16)8-9/h3-8H,2H2,1H3,(H2,17,18).